The van der Waals surface area contributed by atoms with Crippen molar-refractivity contribution in [3.8, 4) is 17.2 Å². The standard InChI is InChI=1S/C16H23NO4/c1-3-19-14-7-11-12(18)9-16(5-6-17-10-16)21-13(11)8-15(14)20-4-2/h7-8,12,17-18H,3-6,9-10H2,1-2H3. The molecule has 2 aliphatic rings. The Balaban J connectivity index is 1.97. The van der Waals surface area contributed by atoms with Crippen molar-refractivity contribution in [1.29, 1.82) is 0 Å². The van der Waals surface area contributed by atoms with Crippen LogP contribution >= 0.6 is 0 Å². The monoisotopic (exact) mass is 293 g/mol. The van der Waals surface area contributed by atoms with Gasteiger partial charge in [-0.3, -0.25) is 0 Å². The molecule has 0 aliphatic carbocycles. The van der Waals surface area contributed by atoms with Gasteiger partial charge in [0.15, 0.2) is 11.5 Å². The second kappa shape index (κ2) is 5.73. The normalized spacial score (nSPS) is 27.3. The summed E-state index contributed by atoms with van der Waals surface area (Å²) in [6.07, 6.45) is 1.01. The zero-order valence-corrected chi connectivity index (χ0v) is 12.6. The van der Waals surface area contributed by atoms with E-state index in [0.29, 0.717) is 36.9 Å². The summed E-state index contributed by atoms with van der Waals surface area (Å²) in [6.45, 7) is 6.70. The SMILES string of the molecule is CCOc1cc2c(cc1OCC)C(O)CC1(CCNC1)O2. The Morgan fingerprint density at radius 3 is 2.62 bits per heavy atom. The van der Waals surface area contributed by atoms with Gasteiger partial charge in [-0.05, 0) is 26.5 Å². The third-order valence-electron chi connectivity index (χ3n) is 4.13. The van der Waals surface area contributed by atoms with Crippen molar-refractivity contribution >= 4 is 0 Å². The first-order valence-corrected chi connectivity index (χ1v) is 7.69. The van der Waals surface area contributed by atoms with E-state index in [4.69, 9.17) is 14.2 Å². The molecular formula is C16H23NO4. The van der Waals surface area contributed by atoms with E-state index in [9.17, 15) is 5.11 Å². The second-order valence-electron chi connectivity index (χ2n) is 5.63. The fourth-order valence-electron chi connectivity index (χ4n) is 3.16. The molecule has 0 amide bonds. The van der Waals surface area contributed by atoms with E-state index < -0.39 is 6.10 Å². The number of aliphatic hydroxyl groups is 1. The lowest BCUT2D eigenvalue weighted by molar-refractivity contribution is -0.000755. The maximum absolute atomic E-state index is 10.5. The van der Waals surface area contributed by atoms with Crippen LogP contribution < -0.4 is 19.5 Å². The Kier molecular flexibility index (Phi) is 3.95. The highest BCUT2D eigenvalue weighted by molar-refractivity contribution is 5.52. The summed E-state index contributed by atoms with van der Waals surface area (Å²) < 4.78 is 17.5. The van der Waals surface area contributed by atoms with Gasteiger partial charge in [0, 0.05) is 31.0 Å². The number of hydrogen-bond donors (Lipinski definition) is 2. The van der Waals surface area contributed by atoms with E-state index in [1.165, 1.54) is 0 Å². The summed E-state index contributed by atoms with van der Waals surface area (Å²) in [5.74, 6) is 2.05. The van der Waals surface area contributed by atoms with E-state index in [0.717, 1.165) is 25.1 Å². The molecule has 2 aliphatic heterocycles. The van der Waals surface area contributed by atoms with Gasteiger partial charge in [0.1, 0.15) is 11.4 Å². The number of ether oxygens (including phenoxy) is 3. The number of rotatable bonds is 4. The molecule has 5 nitrogen and oxygen atoms in total. The van der Waals surface area contributed by atoms with E-state index >= 15 is 0 Å². The average Bonchev–Trinajstić information content (AvgIpc) is 2.88. The highest BCUT2D eigenvalue weighted by Crippen LogP contribution is 2.46. The molecule has 2 N–H and O–H groups in total. The molecule has 0 radical (unpaired) electrons. The van der Waals surface area contributed by atoms with Crippen LogP contribution in [0.1, 0.15) is 38.4 Å². The van der Waals surface area contributed by atoms with Gasteiger partial charge in [-0.25, -0.2) is 0 Å². The molecule has 2 atom stereocenters. The van der Waals surface area contributed by atoms with Crippen LogP contribution in [-0.2, 0) is 0 Å². The van der Waals surface area contributed by atoms with Gasteiger partial charge in [0.05, 0.1) is 19.3 Å². The number of fused-ring (bicyclic) bond motifs is 1. The lowest BCUT2D eigenvalue weighted by atomic mass is 9.88. The van der Waals surface area contributed by atoms with Crippen LogP contribution in [-0.4, -0.2) is 37.0 Å². The Labute approximate surface area is 125 Å². The van der Waals surface area contributed by atoms with Crippen LogP contribution in [0.4, 0.5) is 0 Å². The lowest BCUT2D eigenvalue weighted by Crippen LogP contribution is -2.43. The summed E-state index contributed by atoms with van der Waals surface area (Å²) >= 11 is 0. The van der Waals surface area contributed by atoms with E-state index in [-0.39, 0.29) is 5.60 Å². The fourth-order valence-corrected chi connectivity index (χ4v) is 3.16. The van der Waals surface area contributed by atoms with Crippen LogP contribution in [0.25, 0.3) is 0 Å². The van der Waals surface area contributed by atoms with Gasteiger partial charge in [-0.2, -0.15) is 0 Å². The first kappa shape index (κ1) is 14.5. The summed E-state index contributed by atoms with van der Waals surface area (Å²) in [4.78, 5) is 0. The minimum absolute atomic E-state index is 0.289. The van der Waals surface area contributed by atoms with Crippen molar-refractivity contribution in [3.05, 3.63) is 17.7 Å². The van der Waals surface area contributed by atoms with Crippen LogP contribution in [0.5, 0.6) is 17.2 Å². The topological polar surface area (TPSA) is 60.0 Å². The third-order valence-corrected chi connectivity index (χ3v) is 4.13. The molecule has 2 unspecified atom stereocenters. The Morgan fingerprint density at radius 2 is 2.00 bits per heavy atom. The largest absolute Gasteiger partial charge is 0.490 e. The smallest absolute Gasteiger partial charge is 0.164 e. The molecule has 2 heterocycles. The second-order valence-corrected chi connectivity index (χ2v) is 5.63. The quantitative estimate of drug-likeness (QED) is 0.889. The van der Waals surface area contributed by atoms with Gasteiger partial charge in [0.25, 0.3) is 0 Å². The Bertz CT molecular complexity index is 511. The lowest BCUT2D eigenvalue weighted by Gasteiger charge is -2.38. The van der Waals surface area contributed by atoms with Crippen molar-refractivity contribution in [3.63, 3.8) is 0 Å². The van der Waals surface area contributed by atoms with Gasteiger partial charge in [-0.1, -0.05) is 0 Å². The highest BCUT2D eigenvalue weighted by Gasteiger charge is 2.43. The van der Waals surface area contributed by atoms with E-state index in [1.54, 1.807) is 0 Å². The van der Waals surface area contributed by atoms with Crippen LogP contribution in [0, 0.1) is 0 Å². The summed E-state index contributed by atoms with van der Waals surface area (Å²) in [5, 5.41) is 13.8. The minimum atomic E-state index is -0.525. The number of aliphatic hydroxyl groups excluding tert-OH is 1. The third kappa shape index (κ3) is 2.68. The minimum Gasteiger partial charge on any atom is -0.490 e. The van der Waals surface area contributed by atoms with Gasteiger partial charge < -0.3 is 24.6 Å². The number of hydrogen-bond acceptors (Lipinski definition) is 5. The molecule has 116 valence electrons. The van der Waals surface area contributed by atoms with Gasteiger partial charge >= 0.3 is 0 Å². The van der Waals surface area contributed by atoms with Crippen LogP contribution in [0.3, 0.4) is 0 Å². The molecule has 5 heteroatoms. The molecule has 0 aromatic heterocycles. The maximum atomic E-state index is 10.5. The number of nitrogens with one attached hydrogen (secondary N) is 1. The zero-order chi connectivity index (χ0) is 14.9. The average molecular weight is 293 g/mol. The molecule has 1 aromatic rings. The van der Waals surface area contributed by atoms with Gasteiger partial charge in [0.2, 0.25) is 0 Å². The zero-order valence-electron chi connectivity index (χ0n) is 12.6. The van der Waals surface area contributed by atoms with Crippen LogP contribution in [0.2, 0.25) is 0 Å². The fraction of sp³-hybridized carbons (Fsp3) is 0.625. The summed E-state index contributed by atoms with van der Waals surface area (Å²) in [7, 11) is 0. The molecular weight excluding hydrogens is 270 g/mol. The van der Waals surface area contributed by atoms with Crippen molar-refractivity contribution in [2.45, 2.75) is 38.4 Å². The molecule has 1 fully saturated rings. The Morgan fingerprint density at radius 1 is 1.29 bits per heavy atom. The summed E-state index contributed by atoms with van der Waals surface area (Å²) in [5.41, 5.74) is 0.502. The molecule has 21 heavy (non-hydrogen) atoms. The summed E-state index contributed by atoms with van der Waals surface area (Å²) in [6, 6.07) is 3.70. The maximum Gasteiger partial charge on any atom is 0.164 e. The van der Waals surface area contributed by atoms with Crippen molar-refractivity contribution in [2.75, 3.05) is 26.3 Å². The predicted octanol–water partition coefficient (Wildman–Crippen LogP) is 2.03. The van der Waals surface area contributed by atoms with E-state index in [1.807, 2.05) is 26.0 Å². The van der Waals surface area contributed by atoms with E-state index in [2.05, 4.69) is 5.32 Å². The van der Waals surface area contributed by atoms with Gasteiger partial charge in [-0.15, -0.1) is 0 Å². The highest BCUT2D eigenvalue weighted by atomic mass is 16.5. The first-order valence-electron chi connectivity index (χ1n) is 7.69. The Hall–Kier alpha value is -1.46. The van der Waals surface area contributed by atoms with Crippen molar-refractivity contribution < 1.29 is 19.3 Å². The number of benzene rings is 1. The van der Waals surface area contributed by atoms with Crippen molar-refractivity contribution in [1.82, 2.24) is 5.32 Å². The van der Waals surface area contributed by atoms with Crippen molar-refractivity contribution in [2.24, 2.45) is 0 Å². The first-order chi connectivity index (χ1) is 10.2. The molecule has 1 saturated heterocycles. The molecule has 3 rings (SSSR count). The predicted molar refractivity (Wildman–Crippen MR) is 79.2 cm³/mol. The molecule has 0 saturated carbocycles. The molecule has 1 spiro atoms. The molecule has 1 aromatic carbocycles. The molecule has 0 bridgehead atoms. The van der Waals surface area contributed by atoms with Crippen LogP contribution in [0.15, 0.2) is 12.1 Å².